The first kappa shape index (κ1) is 39.5. The van der Waals surface area contributed by atoms with Crippen LogP contribution in [0.4, 0.5) is 8.78 Å². The number of ketones is 1. The average Bonchev–Trinajstić information content (AvgIpc) is 3.72. The zero-order chi connectivity index (χ0) is 37.0. The minimum absolute atomic E-state index is 0.0133. The van der Waals surface area contributed by atoms with Gasteiger partial charge in [0.25, 0.3) is 0 Å². The maximum absolute atomic E-state index is 15.8. The SMILES string of the molecule is COC(=O)C(C)(C)CC(=O)c1cc2c(F)c(OCCCOc3c(OC)cc4sc(CCC(C)(C)P(=O)(OC)OC)cc4c3F)c(OC)cc2s1. The van der Waals surface area contributed by atoms with E-state index in [9.17, 15) is 14.2 Å². The van der Waals surface area contributed by atoms with Crippen LogP contribution in [-0.2, 0) is 29.6 Å². The highest BCUT2D eigenvalue weighted by atomic mass is 32.1. The lowest BCUT2D eigenvalue weighted by Gasteiger charge is -2.30. The lowest BCUT2D eigenvalue weighted by atomic mass is 9.87. The van der Waals surface area contributed by atoms with Crippen LogP contribution in [0.1, 0.15) is 61.5 Å². The van der Waals surface area contributed by atoms with Crippen molar-refractivity contribution in [1.29, 1.82) is 0 Å². The first-order chi connectivity index (χ1) is 23.6. The Bertz CT molecular complexity index is 1910. The van der Waals surface area contributed by atoms with Crippen LogP contribution in [0, 0.1) is 17.0 Å². The molecular formula is C35H43F2O10PS2. The van der Waals surface area contributed by atoms with Gasteiger partial charge in [0, 0.05) is 64.2 Å². The van der Waals surface area contributed by atoms with Gasteiger partial charge in [0.05, 0.1) is 50.0 Å². The van der Waals surface area contributed by atoms with Gasteiger partial charge in [0.2, 0.25) is 0 Å². The molecule has 0 saturated heterocycles. The van der Waals surface area contributed by atoms with E-state index in [0.29, 0.717) is 32.5 Å². The number of aryl methyl sites for hydroxylation is 1. The maximum atomic E-state index is 15.8. The normalized spacial score (nSPS) is 12.4. The number of carbonyl (C=O) groups excluding carboxylic acids is 2. The fraction of sp³-hybridized carbons (Fsp3) is 0.486. The fourth-order valence-electron chi connectivity index (χ4n) is 5.46. The Hall–Kier alpha value is -3.29. The molecule has 10 nitrogen and oxygen atoms in total. The van der Waals surface area contributed by atoms with E-state index >= 15 is 8.78 Å². The van der Waals surface area contributed by atoms with Gasteiger partial charge in [-0.15, -0.1) is 22.7 Å². The van der Waals surface area contributed by atoms with Crippen LogP contribution in [0.5, 0.6) is 23.0 Å². The number of rotatable bonds is 18. The number of halogens is 2. The number of thiophene rings is 2. The quantitative estimate of drug-likeness (QED) is 0.0421. The second kappa shape index (κ2) is 15.9. The van der Waals surface area contributed by atoms with Crippen LogP contribution in [0.25, 0.3) is 20.2 Å². The fourth-order valence-corrected chi connectivity index (χ4v) is 9.10. The molecule has 274 valence electrons. The molecule has 15 heteroatoms. The molecule has 0 fully saturated rings. The molecule has 0 spiro atoms. The highest BCUT2D eigenvalue weighted by Gasteiger charge is 2.41. The summed E-state index contributed by atoms with van der Waals surface area (Å²) in [4.78, 5) is 26.2. The number of esters is 1. The van der Waals surface area contributed by atoms with Gasteiger partial charge in [0.15, 0.2) is 40.4 Å². The van der Waals surface area contributed by atoms with E-state index in [1.165, 1.54) is 53.0 Å². The summed E-state index contributed by atoms with van der Waals surface area (Å²) >= 11 is 2.50. The topological polar surface area (TPSA) is 116 Å². The minimum Gasteiger partial charge on any atom is -0.493 e. The molecule has 0 aliphatic heterocycles. The van der Waals surface area contributed by atoms with Crippen LogP contribution in [0.3, 0.4) is 0 Å². The average molecular weight is 757 g/mol. The van der Waals surface area contributed by atoms with Gasteiger partial charge >= 0.3 is 13.6 Å². The third-order valence-electron chi connectivity index (χ3n) is 8.46. The summed E-state index contributed by atoms with van der Waals surface area (Å²) in [7, 11) is 3.46. The molecule has 0 bridgehead atoms. The van der Waals surface area contributed by atoms with E-state index in [-0.39, 0.29) is 60.2 Å². The molecule has 4 aromatic rings. The van der Waals surface area contributed by atoms with Gasteiger partial charge < -0.3 is 32.7 Å². The van der Waals surface area contributed by atoms with Gasteiger partial charge in [-0.2, -0.15) is 0 Å². The molecule has 2 aromatic heterocycles. The molecule has 0 saturated carbocycles. The molecule has 0 N–H and O–H groups in total. The standard InChI is InChI=1S/C35H43F2O10PS2/c1-34(2,33(39)43-7)19-23(38)28-16-22-27(50-28)18-25(42-6)32(30(22)37)47-14-10-13-46-31-24(41-5)17-26-21(29(31)36)15-20(49-26)11-12-35(3,4)48(40,44-8)45-9/h15-18H,10-14,19H2,1-9H3. The third-order valence-corrected chi connectivity index (χ3v) is 13.4. The number of ether oxygens (including phenoxy) is 5. The van der Waals surface area contributed by atoms with E-state index in [4.69, 9.17) is 32.7 Å². The minimum atomic E-state index is -3.33. The summed E-state index contributed by atoms with van der Waals surface area (Å²) in [5.74, 6) is -1.90. The Kier molecular flexibility index (Phi) is 12.6. The number of methoxy groups -OCH3 is 3. The van der Waals surface area contributed by atoms with Crippen LogP contribution in [-0.4, -0.2) is 65.7 Å². The summed E-state index contributed by atoms with van der Waals surface area (Å²) in [5, 5.41) is -0.195. The van der Waals surface area contributed by atoms with E-state index in [1.807, 2.05) is 13.8 Å². The zero-order valence-corrected chi connectivity index (χ0v) is 32.2. The van der Waals surface area contributed by atoms with E-state index in [0.717, 1.165) is 16.2 Å². The molecule has 0 unspecified atom stereocenters. The number of hydrogen-bond donors (Lipinski definition) is 0. The molecule has 50 heavy (non-hydrogen) atoms. The van der Waals surface area contributed by atoms with Crippen LogP contribution < -0.4 is 18.9 Å². The van der Waals surface area contributed by atoms with Crippen molar-refractivity contribution in [2.75, 3.05) is 48.8 Å². The van der Waals surface area contributed by atoms with Gasteiger partial charge in [-0.25, -0.2) is 8.78 Å². The van der Waals surface area contributed by atoms with Gasteiger partial charge in [-0.3, -0.25) is 14.2 Å². The summed E-state index contributed by atoms with van der Waals surface area (Å²) in [6, 6.07) is 6.50. The zero-order valence-electron chi connectivity index (χ0n) is 29.7. The highest BCUT2D eigenvalue weighted by molar-refractivity contribution is 7.55. The molecule has 0 aliphatic carbocycles. The Balaban J connectivity index is 1.43. The van der Waals surface area contributed by atoms with Crippen LogP contribution in [0.15, 0.2) is 24.3 Å². The molecule has 0 atom stereocenters. The summed E-state index contributed by atoms with van der Waals surface area (Å²) in [6.45, 7) is 6.90. The van der Waals surface area contributed by atoms with Gasteiger partial charge in [-0.05, 0) is 52.7 Å². The monoisotopic (exact) mass is 756 g/mol. The van der Waals surface area contributed by atoms with Crippen molar-refractivity contribution < 1.29 is 55.7 Å². The van der Waals surface area contributed by atoms with E-state index in [1.54, 1.807) is 32.0 Å². The summed E-state index contributed by atoms with van der Waals surface area (Å²) < 4.78 is 83.2. The number of Topliss-reactive ketones (excluding diaryl/α,β-unsaturated/α-hetero) is 1. The first-order valence-corrected chi connectivity index (χ1v) is 18.9. The largest absolute Gasteiger partial charge is 0.493 e. The van der Waals surface area contributed by atoms with Crippen molar-refractivity contribution in [2.24, 2.45) is 5.41 Å². The van der Waals surface area contributed by atoms with Crippen LogP contribution >= 0.6 is 30.3 Å². The molecular weight excluding hydrogens is 713 g/mol. The Morgan fingerprint density at radius 3 is 1.80 bits per heavy atom. The van der Waals surface area contributed by atoms with E-state index < -0.39 is 35.8 Å². The Labute approximate surface area is 298 Å². The molecule has 0 amide bonds. The van der Waals surface area contributed by atoms with Crippen molar-refractivity contribution in [3.63, 3.8) is 0 Å². The highest BCUT2D eigenvalue weighted by Crippen LogP contribution is 2.60. The summed E-state index contributed by atoms with van der Waals surface area (Å²) in [5.41, 5.74) is -1.04. The Morgan fingerprint density at radius 2 is 1.30 bits per heavy atom. The predicted octanol–water partition coefficient (Wildman–Crippen LogP) is 9.23. The number of hydrogen-bond acceptors (Lipinski definition) is 12. The molecule has 0 aliphatic rings. The van der Waals surface area contributed by atoms with Crippen LogP contribution in [0.2, 0.25) is 0 Å². The second-order valence-corrected chi connectivity index (χ2v) is 18.0. The van der Waals surface area contributed by atoms with Crippen molar-refractivity contribution in [2.45, 2.75) is 58.5 Å². The maximum Gasteiger partial charge on any atom is 0.335 e. The number of carbonyl (C=O) groups is 2. The number of fused-ring (bicyclic) bond motifs is 2. The van der Waals surface area contributed by atoms with E-state index in [2.05, 4.69) is 0 Å². The lowest BCUT2D eigenvalue weighted by molar-refractivity contribution is -0.150. The summed E-state index contributed by atoms with van der Waals surface area (Å²) in [6.07, 6.45) is 1.17. The van der Waals surface area contributed by atoms with Gasteiger partial charge in [0.1, 0.15) is 0 Å². The lowest BCUT2D eigenvalue weighted by Crippen LogP contribution is -2.28. The van der Waals surface area contributed by atoms with Crippen molar-refractivity contribution in [3.05, 3.63) is 45.7 Å². The smallest absolute Gasteiger partial charge is 0.335 e. The van der Waals surface area contributed by atoms with Crippen molar-refractivity contribution in [1.82, 2.24) is 0 Å². The predicted molar refractivity (Wildman–Crippen MR) is 191 cm³/mol. The Morgan fingerprint density at radius 1 is 0.780 bits per heavy atom. The molecule has 4 rings (SSSR count). The van der Waals surface area contributed by atoms with Gasteiger partial charge in [-0.1, -0.05) is 0 Å². The van der Waals surface area contributed by atoms with Crippen molar-refractivity contribution >= 4 is 62.2 Å². The first-order valence-electron chi connectivity index (χ1n) is 15.7. The molecule has 2 aromatic carbocycles. The third kappa shape index (κ3) is 8.10. The molecule has 0 radical (unpaired) electrons. The molecule has 2 heterocycles. The van der Waals surface area contributed by atoms with Crippen molar-refractivity contribution in [3.8, 4) is 23.0 Å². The second-order valence-electron chi connectivity index (χ2n) is 12.8. The number of benzene rings is 2.